The molecule has 0 N–H and O–H groups in total. The molecule has 0 amide bonds. The Labute approximate surface area is 107 Å². The van der Waals surface area contributed by atoms with Crippen LogP contribution in [-0.2, 0) is 4.74 Å². The van der Waals surface area contributed by atoms with Crippen molar-refractivity contribution >= 4 is 22.4 Å². The molecule has 1 heterocycles. The van der Waals surface area contributed by atoms with Gasteiger partial charge in [0.1, 0.15) is 4.88 Å². The van der Waals surface area contributed by atoms with Crippen molar-refractivity contribution in [3.63, 3.8) is 0 Å². The fourth-order valence-electron chi connectivity index (χ4n) is 1.61. The minimum Gasteiger partial charge on any atom is -0.465 e. The Morgan fingerprint density at radius 2 is 2.06 bits per heavy atom. The highest BCUT2D eigenvalue weighted by Crippen LogP contribution is 2.28. The third-order valence-corrected chi connectivity index (χ3v) is 3.45. The van der Waals surface area contributed by atoms with Crippen molar-refractivity contribution in [1.29, 1.82) is 0 Å². The van der Waals surface area contributed by atoms with E-state index in [2.05, 4.69) is 30.7 Å². The Morgan fingerprint density at radius 1 is 1.47 bits per heavy atom. The van der Waals surface area contributed by atoms with E-state index in [0.717, 1.165) is 17.4 Å². The number of hydrogen-bond donors (Lipinski definition) is 0. The Balaban J connectivity index is 2.90. The number of nitrogens with zero attached hydrogens (tertiary/aromatic N) is 2. The first-order chi connectivity index (χ1) is 7.74. The van der Waals surface area contributed by atoms with Crippen molar-refractivity contribution in [3.8, 4) is 0 Å². The highest BCUT2D eigenvalue weighted by molar-refractivity contribution is 7.17. The van der Waals surface area contributed by atoms with E-state index in [1.165, 1.54) is 18.4 Å². The van der Waals surface area contributed by atoms with Crippen LogP contribution < -0.4 is 4.90 Å². The fourth-order valence-corrected chi connectivity index (χ4v) is 2.55. The molecule has 1 aromatic rings. The Kier molecular flexibility index (Phi) is 4.14. The number of aromatic nitrogens is 1. The Morgan fingerprint density at radius 3 is 2.53 bits per heavy atom. The van der Waals surface area contributed by atoms with E-state index >= 15 is 0 Å². The summed E-state index contributed by atoms with van der Waals surface area (Å²) < 4.78 is 4.72. The molecule has 0 fully saturated rings. The maximum atomic E-state index is 11.5. The number of hydrogen-bond acceptors (Lipinski definition) is 5. The SMILES string of the molecule is COC(=O)c1sc(N(C)CC(C)(C)C)nc1C. The second-order valence-corrected chi connectivity index (χ2v) is 6.30. The van der Waals surface area contributed by atoms with Gasteiger partial charge in [-0.25, -0.2) is 9.78 Å². The van der Waals surface area contributed by atoms with E-state index in [0.29, 0.717) is 4.88 Å². The van der Waals surface area contributed by atoms with Crippen LogP contribution in [0.2, 0.25) is 0 Å². The number of carbonyl (C=O) groups is 1. The molecule has 0 unspecified atom stereocenters. The summed E-state index contributed by atoms with van der Waals surface area (Å²) in [4.78, 5) is 18.6. The lowest BCUT2D eigenvalue weighted by Gasteiger charge is -2.26. The highest BCUT2D eigenvalue weighted by atomic mass is 32.1. The summed E-state index contributed by atoms with van der Waals surface area (Å²) in [6.45, 7) is 9.24. The van der Waals surface area contributed by atoms with Crippen LogP contribution in [0.15, 0.2) is 0 Å². The van der Waals surface area contributed by atoms with Crippen LogP contribution in [-0.4, -0.2) is 31.7 Å². The second-order valence-electron chi connectivity index (χ2n) is 5.32. The average molecular weight is 256 g/mol. The molecule has 17 heavy (non-hydrogen) atoms. The van der Waals surface area contributed by atoms with E-state index in [9.17, 15) is 4.79 Å². The molecule has 0 aliphatic heterocycles. The molecule has 1 rings (SSSR count). The molecule has 0 bridgehead atoms. The monoisotopic (exact) mass is 256 g/mol. The maximum Gasteiger partial charge on any atom is 0.350 e. The minimum atomic E-state index is -0.310. The molecular formula is C12H20N2O2S. The van der Waals surface area contributed by atoms with Gasteiger partial charge in [0.2, 0.25) is 0 Å². The fraction of sp³-hybridized carbons (Fsp3) is 0.667. The van der Waals surface area contributed by atoms with E-state index in [1.54, 1.807) is 0 Å². The third kappa shape index (κ3) is 3.70. The number of rotatable bonds is 3. The molecule has 0 aliphatic rings. The molecular weight excluding hydrogens is 236 g/mol. The zero-order valence-electron chi connectivity index (χ0n) is 11.3. The van der Waals surface area contributed by atoms with Crippen molar-refractivity contribution in [2.45, 2.75) is 27.7 Å². The van der Waals surface area contributed by atoms with Gasteiger partial charge in [-0.05, 0) is 12.3 Å². The minimum absolute atomic E-state index is 0.194. The molecule has 0 radical (unpaired) electrons. The number of ether oxygens (including phenoxy) is 1. The largest absolute Gasteiger partial charge is 0.465 e. The van der Waals surface area contributed by atoms with Gasteiger partial charge < -0.3 is 9.64 Å². The molecule has 0 saturated heterocycles. The zero-order chi connectivity index (χ0) is 13.2. The summed E-state index contributed by atoms with van der Waals surface area (Å²) in [5.41, 5.74) is 0.928. The predicted octanol–water partition coefficient (Wildman–Crippen LogP) is 2.72. The third-order valence-electron chi connectivity index (χ3n) is 2.19. The maximum absolute atomic E-state index is 11.5. The Bertz CT molecular complexity index is 407. The van der Waals surface area contributed by atoms with E-state index in [1.807, 2.05) is 14.0 Å². The van der Waals surface area contributed by atoms with Gasteiger partial charge in [0.15, 0.2) is 5.13 Å². The summed E-state index contributed by atoms with van der Waals surface area (Å²) in [6, 6.07) is 0. The van der Waals surface area contributed by atoms with Crippen LogP contribution in [0.5, 0.6) is 0 Å². The topological polar surface area (TPSA) is 42.4 Å². The van der Waals surface area contributed by atoms with E-state index in [4.69, 9.17) is 4.74 Å². The molecule has 0 aliphatic carbocycles. The Hall–Kier alpha value is -1.10. The van der Waals surface area contributed by atoms with Gasteiger partial charge in [-0.3, -0.25) is 0 Å². The first-order valence-corrected chi connectivity index (χ1v) is 6.33. The number of aryl methyl sites for hydroxylation is 1. The van der Waals surface area contributed by atoms with Gasteiger partial charge >= 0.3 is 5.97 Å². The van der Waals surface area contributed by atoms with Crippen LogP contribution in [0.3, 0.4) is 0 Å². The summed E-state index contributed by atoms with van der Waals surface area (Å²) in [6.07, 6.45) is 0. The number of esters is 1. The van der Waals surface area contributed by atoms with E-state index in [-0.39, 0.29) is 11.4 Å². The normalized spacial score (nSPS) is 11.4. The number of carbonyl (C=O) groups excluding carboxylic acids is 1. The van der Waals surface area contributed by atoms with Gasteiger partial charge in [0.05, 0.1) is 12.8 Å². The smallest absolute Gasteiger partial charge is 0.350 e. The molecule has 0 saturated carbocycles. The number of methoxy groups -OCH3 is 1. The predicted molar refractivity (Wildman–Crippen MR) is 70.9 cm³/mol. The van der Waals surface area contributed by atoms with Crippen LogP contribution >= 0.6 is 11.3 Å². The number of anilines is 1. The van der Waals surface area contributed by atoms with Crippen molar-refractivity contribution in [2.24, 2.45) is 5.41 Å². The van der Waals surface area contributed by atoms with Gasteiger partial charge in [0, 0.05) is 13.6 Å². The van der Waals surface area contributed by atoms with Gasteiger partial charge in [-0.2, -0.15) is 0 Å². The summed E-state index contributed by atoms with van der Waals surface area (Å²) in [5.74, 6) is -0.310. The lowest BCUT2D eigenvalue weighted by Crippen LogP contribution is -2.28. The summed E-state index contributed by atoms with van der Waals surface area (Å²) >= 11 is 1.38. The zero-order valence-corrected chi connectivity index (χ0v) is 12.1. The van der Waals surface area contributed by atoms with Crippen molar-refractivity contribution in [3.05, 3.63) is 10.6 Å². The average Bonchev–Trinajstić information content (AvgIpc) is 2.57. The van der Waals surface area contributed by atoms with Crippen LogP contribution in [0, 0.1) is 12.3 Å². The van der Waals surface area contributed by atoms with Gasteiger partial charge in [-0.1, -0.05) is 32.1 Å². The first-order valence-electron chi connectivity index (χ1n) is 5.51. The summed E-state index contributed by atoms with van der Waals surface area (Å²) in [5, 5.41) is 0.859. The molecule has 0 atom stereocenters. The molecule has 0 spiro atoms. The first kappa shape index (κ1) is 14.0. The lowest BCUT2D eigenvalue weighted by molar-refractivity contribution is 0.0605. The molecule has 1 aromatic heterocycles. The van der Waals surface area contributed by atoms with Gasteiger partial charge in [0.25, 0.3) is 0 Å². The second kappa shape index (κ2) is 5.04. The molecule has 0 aromatic carbocycles. The quantitative estimate of drug-likeness (QED) is 0.780. The summed E-state index contributed by atoms with van der Waals surface area (Å²) in [7, 11) is 3.38. The van der Waals surface area contributed by atoms with Gasteiger partial charge in [-0.15, -0.1) is 0 Å². The van der Waals surface area contributed by atoms with E-state index < -0.39 is 0 Å². The van der Waals surface area contributed by atoms with Crippen LogP contribution in [0.4, 0.5) is 5.13 Å². The highest BCUT2D eigenvalue weighted by Gasteiger charge is 2.20. The van der Waals surface area contributed by atoms with Crippen LogP contribution in [0.1, 0.15) is 36.1 Å². The molecule has 96 valence electrons. The molecule has 5 heteroatoms. The molecule has 4 nitrogen and oxygen atoms in total. The van der Waals surface area contributed by atoms with Crippen molar-refractivity contribution in [1.82, 2.24) is 4.98 Å². The standard InChI is InChI=1S/C12H20N2O2S/c1-8-9(10(15)16-6)17-11(13-8)14(5)7-12(2,3)4/h7H2,1-6H3. The number of thiazole rings is 1. The van der Waals surface area contributed by atoms with Crippen molar-refractivity contribution in [2.75, 3.05) is 25.6 Å². The van der Waals surface area contributed by atoms with Crippen LogP contribution in [0.25, 0.3) is 0 Å². The lowest BCUT2D eigenvalue weighted by atomic mass is 9.96. The van der Waals surface area contributed by atoms with Crippen molar-refractivity contribution < 1.29 is 9.53 Å².